The smallest absolute Gasteiger partial charge is 0.338 e. The van der Waals surface area contributed by atoms with Crippen LogP contribution in [-0.4, -0.2) is 12.6 Å². The van der Waals surface area contributed by atoms with Gasteiger partial charge in [0.2, 0.25) is 0 Å². The molecule has 0 saturated heterocycles. The maximum Gasteiger partial charge on any atom is 0.338 e. The summed E-state index contributed by atoms with van der Waals surface area (Å²) in [5.74, 6) is -0.327. The molecule has 144 valence electrons. The quantitative estimate of drug-likeness (QED) is 0.189. The highest BCUT2D eigenvalue weighted by Gasteiger charge is 2.12. The van der Waals surface area contributed by atoms with Gasteiger partial charge >= 0.3 is 5.97 Å². The Labute approximate surface area is 160 Å². The number of benzene rings is 1. The normalized spacial score (nSPS) is 10.5. The molecule has 0 N–H and O–H groups in total. The van der Waals surface area contributed by atoms with Gasteiger partial charge in [-0.05, 0) is 17.5 Å². The monoisotopic (exact) mass is 356 g/mol. The molecule has 0 heterocycles. The second-order valence-corrected chi connectivity index (χ2v) is 6.94. The van der Waals surface area contributed by atoms with Crippen molar-refractivity contribution in [2.24, 2.45) is 0 Å². The van der Waals surface area contributed by atoms with Crippen molar-refractivity contribution < 1.29 is 9.53 Å². The van der Waals surface area contributed by atoms with Crippen LogP contribution in [0.4, 0.5) is 0 Å². The van der Waals surface area contributed by atoms with E-state index in [0.29, 0.717) is 12.2 Å². The summed E-state index contributed by atoms with van der Waals surface area (Å²) in [7, 11) is 0. The lowest BCUT2D eigenvalue weighted by Crippen LogP contribution is -2.08. The van der Waals surface area contributed by atoms with Crippen molar-refractivity contribution in [3.05, 3.63) is 48.6 Å². The van der Waals surface area contributed by atoms with Crippen molar-refractivity contribution in [2.75, 3.05) is 6.61 Å². The van der Waals surface area contributed by atoms with E-state index in [9.17, 15) is 4.79 Å². The van der Waals surface area contributed by atoms with Gasteiger partial charge in [-0.3, -0.25) is 0 Å². The molecule has 0 spiro atoms. The Hall–Kier alpha value is -1.83. The average molecular weight is 357 g/mol. The van der Waals surface area contributed by atoms with Crippen LogP contribution in [0.25, 0.3) is 11.6 Å². The number of unbranched alkanes of at least 4 members (excludes halogenated alkanes) is 10. The number of esters is 1. The zero-order valence-corrected chi connectivity index (χ0v) is 16.6. The molecular weight excluding hydrogens is 320 g/mol. The minimum Gasteiger partial charge on any atom is -0.462 e. The van der Waals surface area contributed by atoms with Gasteiger partial charge in [0.15, 0.2) is 0 Å². The van der Waals surface area contributed by atoms with Crippen LogP contribution in [0.2, 0.25) is 0 Å². The fourth-order valence-corrected chi connectivity index (χ4v) is 3.08. The van der Waals surface area contributed by atoms with E-state index in [1.54, 1.807) is 6.08 Å². The van der Waals surface area contributed by atoms with Gasteiger partial charge in [0.05, 0.1) is 12.2 Å². The van der Waals surface area contributed by atoms with E-state index < -0.39 is 0 Å². The molecule has 0 saturated carbocycles. The Morgan fingerprint density at radius 2 is 1.46 bits per heavy atom. The van der Waals surface area contributed by atoms with Crippen LogP contribution in [0, 0.1) is 0 Å². The van der Waals surface area contributed by atoms with E-state index in [2.05, 4.69) is 20.1 Å². The predicted molar refractivity (Wildman–Crippen MR) is 113 cm³/mol. The molecule has 0 aliphatic carbocycles. The molecule has 0 radical (unpaired) electrons. The highest BCUT2D eigenvalue weighted by atomic mass is 16.5. The first-order valence-corrected chi connectivity index (χ1v) is 10.3. The van der Waals surface area contributed by atoms with Crippen molar-refractivity contribution in [1.29, 1.82) is 0 Å². The summed E-state index contributed by atoms with van der Waals surface area (Å²) in [6.07, 6.45) is 15.9. The summed E-state index contributed by atoms with van der Waals surface area (Å²) in [6.45, 7) is 10.4. The number of hydrogen-bond acceptors (Lipinski definition) is 2. The Kier molecular flexibility index (Phi) is 12.3. The molecule has 1 aromatic rings. The average Bonchev–Trinajstić information content (AvgIpc) is 2.68. The van der Waals surface area contributed by atoms with Crippen LogP contribution in [0.1, 0.15) is 88.7 Å². The summed E-state index contributed by atoms with van der Waals surface area (Å²) in [4.78, 5) is 12.1. The number of hydrogen-bond donors (Lipinski definition) is 0. The standard InChI is InChI=1S/C24H36O2/c1-4-6-7-8-9-10-11-12-13-14-17-20-26-24(25)21(3)23-19-16-15-18-22(23)5-2/h5,15-16,18-19H,2-4,6-14,17,20H2,1H3. The molecule has 26 heavy (non-hydrogen) atoms. The van der Waals surface area contributed by atoms with Crippen molar-refractivity contribution >= 4 is 17.6 Å². The topological polar surface area (TPSA) is 26.3 Å². The van der Waals surface area contributed by atoms with Gasteiger partial charge in [-0.2, -0.15) is 0 Å². The molecule has 0 unspecified atom stereocenters. The van der Waals surface area contributed by atoms with Crippen LogP contribution >= 0.6 is 0 Å². The SMILES string of the molecule is C=Cc1ccccc1C(=C)C(=O)OCCCCCCCCCCCCC. The van der Waals surface area contributed by atoms with Crippen LogP contribution in [0.15, 0.2) is 37.4 Å². The molecule has 1 rings (SSSR count). The lowest BCUT2D eigenvalue weighted by molar-refractivity contribution is -0.136. The largest absolute Gasteiger partial charge is 0.462 e. The molecule has 0 aromatic heterocycles. The highest BCUT2D eigenvalue weighted by Crippen LogP contribution is 2.20. The fraction of sp³-hybridized carbons (Fsp3) is 0.542. The van der Waals surface area contributed by atoms with Crippen molar-refractivity contribution in [3.8, 4) is 0 Å². The van der Waals surface area contributed by atoms with Crippen molar-refractivity contribution in [3.63, 3.8) is 0 Å². The second kappa shape index (κ2) is 14.4. The lowest BCUT2D eigenvalue weighted by Gasteiger charge is -2.09. The van der Waals surface area contributed by atoms with Gasteiger partial charge in [-0.1, -0.05) is 115 Å². The van der Waals surface area contributed by atoms with E-state index in [-0.39, 0.29) is 5.97 Å². The zero-order valence-electron chi connectivity index (χ0n) is 16.6. The first kappa shape index (κ1) is 22.2. The molecule has 0 amide bonds. The molecule has 1 aromatic carbocycles. The first-order valence-electron chi connectivity index (χ1n) is 10.3. The molecule has 0 aliphatic heterocycles. The van der Waals surface area contributed by atoms with Crippen molar-refractivity contribution in [1.82, 2.24) is 0 Å². The first-order chi connectivity index (χ1) is 12.7. The minimum absolute atomic E-state index is 0.327. The molecule has 2 heteroatoms. The van der Waals surface area contributed by atoms with Crippen LogP contribution < -0.4 is 0 Å². The molecule has 0 atom stereocenters. The van der Waals surface area contributed by atoms with Gasteiger partial charge < -0.3 is 4.74 Å². The zero-order chi connectivity index (χ0) is 19.0. The fourth-order valence-electron chi connectivity index (χ4n) is 3.08. The van der Waals surface area contributed by atoms with Crippen LogP contribution in [0.3, 0.4) is 0 Å². The third kappa shape index (κ3) is 9.03. The molecule has 0 aliphatic rings. The van der Waals surface area contributed by atoms with Gasteiger partial charge in [-0.25, -0.2) is 4.79 Å². The van der Waals surface area contributed by atoms with Crippen LogP contribution in [0.5, 0.6) is 0 Å². The van der Waals surface area contributed by atoms with Gasteiger partial charge in [0.1, 0.15) is 0 Å². The second-order valence-electron chi connectivity index (χ2n) is 6.94. The third-order valence-electron chi connectivity index (χ3n) is 4.73. The summed E-state index contributed by atoms with van der Waals surface area (Å²) < 4.78 is 5.37. The maximum absolute atomic E-state index is 12.1. The van der Waals surface area contributed by atoms with Crippen molar-refractivity contribution in [2.45, 2.75) is 77.6 Å². The number of ether oxygens (including phenoxy) is 1. The van der Waals surface area contributed by atoms with E-state index in [0.717, 1.165) is 24.0 Å². The van der Waals surface area contributed by atoms with E-state index in [1.165, 1.54) is 57.8 Å². The maximum atomic E-state index is 12.1. The Bertz CT molecular complexity index is 545. The summed E-state index contributed by atoms with van der Waals surface area (Å²) in [5, 5.41) is 0. The molecule has 2 nitrogen and oxygen atoms in total. The summed E-state index contributed by atoms with van der Waals surface area (Å²) in [6, 6.07) is 7.61. The van der Waals surface area contributed by atoms with Gasteiger partial charge in [0.25, 0.3) is 0 Å². The Morgan fingerprint density at radius 1 is 0.923 bits per heavy atom. The molecule has 0 fully saturated rings. The number of carbonyl (C=O) groups is 1. The minimum atomic E-state index is -0.327. The van der Waals surface area contributed by atoms with E-state index in [4.69, 9.17) is 4.74 Å². The molecule has 0 bridgehead atoms. The molecular formula is C24H36O2. The number of carbonyl (C=O) groups excluding carboxylic acids is 1. The number of rotatable bonds is 15. The van der Waals surface area contributed by atoms with Gasteiger partial charge in [0, 0.05) is 0 Å². The summed E-state index contributed by atoms with van der Waals surface area (Å²) >= 11 is 0. The van der Waals surface area contributed by atoms with E-state index in [1.807, 2.05) is 24.3 Å². The third-order valence-corrected chi connectivity index (χ3v) is 4.73. The lowest BCUT2D eigenvalue weighted by atomic mass is 10.0. The van der Waals surface area contributed by atoms with Gasteiger partial charge in [-0.15, -0.1) is 0 Å². The van der Waals surface area contributed by atoms with Crippen LogP contribution in [-0.2, 0) is 9.53 Å². The highest BCUT2D eigenvalue weighted by molar-refractivity contribution is 6.16. The summed E-state index contributed by atoms with van der Waals surface area (Å²) in [5.41, 5.74) is 2.11. The Morgan fingerprint density at radius 3 is 2.04 bits per heavy atom. The Balaban J connectivity index is 2.06. The van der Waals surface area contributed by atoms with E-state index >= 15 is 0 Å². The predicted octanol–water partition coefficient (Wildman–Crippen LogP) is 7.20.